The summed E-state index contributed by atoms with van der Waals surface area (Å²) in [7, 11) is -3.03. The van der Waals surface area contributed by atoms with Crippen LogP contribution in [0.1, 0.15) is 26.1 Å². The summed E-state index contributed by atoms with van der Waals surface area (Å²) in [5.74, 6) is 1.41. The van der Waals surface area contributed by atoms with Gasteiger partial charge in [0.15, 0.2) is 9.84 Å². The zero-order valence-electron chi connectivity index (χ0n) is 15.9. The van der Waals surface area contributed by atoms with Crippen LogP contribution in [-0.2, 0) is 14.6 Å². The predicted molar refractivity (Wildman–Crippen MR) is 109 cm³/mol. The first kappa shape index (κ1) is 20.1. The number of hydrogen-bond donors (Lipinski definition) is 0. The second kappa shape index (κ2) is 8.14. The molecule has 146 valence electrons. The maximum atomic E-state index is 12.9. The Bertz CT molecular complexity index is 944. The first-order chi connectivity index (χ1) is 12.7. The standard InChI is InChI=1S/C19H25N3O3S2/c1-13(2)10-22(15-8-9-27(24,25)12-15)18(23)11-26-19-16-6-4-5-7-17(16)20-14(3)21-19/h4-7,13,15H,8-12H2,1-3H3/t15-/m1/s1. The second-order valence-corrected chi connectivity index (χ2v) is 10.6. The molecule has 6 nitrogen and oxygen atoms in total. The Morgan fingerprint density at radius 1 is 1.30 bits per heavy atom. The van der Waals surface area contributed by atoms with Gasteiger partial charge in [-0.15, -0.1) is 0 Å². The van der Waals surface area contributed by atoms with Crippen LogP contribution in [0.3, 0.4) is 0 Å². The van der Waals surface area contributed by atoms with Crippen LogP contribution in [0.4, 0.5) is 0 Å². The van der Waals surface area contributed by atoms with Crippen molar-refractivity contribution in [3.05, 3.63) is 30.1 Å². The summed E-state index contributed by atoms with van der Waals surface area (Å²) in [5, 5.41) is 1.72. The number of carbonyl (C=O) groups excluding carboxylic acids is 1. The molecule has 2 heterocycles. The molecular weight excluding hydrogens is 382 g/mol. The lowest BCUT2D eigenvalue weighted by atomic mass is 10.1. The first-order valence-electron chi connectivity index (χ1n) is 9.11. The van der Waals surface area contributed by atoms with E-state index in [1.165, 1.54) is 11.8 Å². The van der Waals surface area contributed by atoms with Crippen molar-refractivity contribution < 1.29 is 13.2 Å². The summed E-state index contributed by atoms with van der Waals surface area (Å²) in [6, 6.07) is 7.54. The fourth-order valence-electron chi connectivity index (χ4n) is 3.35. The molecule has 1 aliphatic heterocycles. The van der Waals surface area contributed by atoms with Gasteiger partial charge in [0.1, 0.15) is 10.9 Å². The van der Waals surface area contributed by atoms with Gasteiger partial charge in [0, 0.05) is 18.0 Å². The van der Waals surface area contributed by atoms with Crippen molar-refractivity contribution in [1.82, 2.24) is 14.9 Å². The molecule has 1 amide bonds. The smallest absolute Gasteiger partial charge is 0.233 e. The van der Waals surface area contributed by atoms with Crippen LogP contribution in [0.15, 0.2) is 29.3 Å². The maximum Gasteiger partial charge on any atom is 0.233 e. The highest BCUT2D eigenvalue weighted by molar-refractivity contribution is 8.00. The number of carbonyl (C=O) groups is 1. The fraction of sp³-hybridized carbons (Fsp3) is 0.526. The zero-order valence-corrected chi connectivity index (χ0v) is 17.5. The van der Waals surface area contributed by atoms with E-state index in [9.17, 15) is 13.2 Å². The van der Waals surface area contributed by atoms with Gasteiger partial charge >= 0.3 is 0 Å². The Morgan fingerprint density at radius 3 is 2.70 bits per heavy atom. The highest BCUT2D eigenvalue weighted by atomic mass is 32.2. The average molecular weight is 408 g/mol. The Morgan fingerprint density at radius 2 is 2.04 bits per heavy atom. The third-order valence-corrected chi connectivity index (χ3v) is 7.27. The van der Waals surface area contributed by atoms with E-state index in [4.69, 9.17) is 0 Å². The van der Waals surface area contributed by atoms with E-state index in [0.29, 0.717) is 18.8 Å². The monoisotopic (exact) mass is 407 g/mol. The third kappa shape index (κ3) is 4.99. The molecule has 0 spiro atoms. The number of fused-ring (bicyclic) bond motifs is 1. The average Bonchev–Trinajstić information content (AvgIpc) is 2.96. The van der Waals surface area contributed by atoms with Crippen LogP contribution in [0.25, 0.3) is 10.9 Å². The molecule has 8 heteroatoms. The van der Waals surface area contributed by atoms with Gasteiger partial charge in [-0.2, -0.15) is 0 Å². The molecule has 27 heavy (non-hydrogen) atoms. The molecule has 0 bridgehead atoms. The molecule has 1 fully saturated rings. The van der Waals surface area contributed by atoms with E-state index >= 15 is 0 Å². The molecule has 1 aliphatic rings. The normalized spacial score (nSPS) is 18.9. The molecular formula is C19H25N3O3S2. The topological polar surface area (TPSA) is 80.2 Å². The van der Waals surface area contributed by atoms with Crippen molar-refractivity contribution in [2.45, 2.75) is 38.3 Å². The van der Waals surface area contributed by atoms with Crippen molar-refractivity contribution in [3.8, 4) is 0 Å². The van der Waals surface area contributed by atoms with E-state index < -0.39 is 9.84 Å². The molecule has 1 saturated heterocycles. The summed E-state index contributed by atoms with van der Waals surface area (Å²) in [6.07, 6.45) is 0.529. The highest BCUT2D eigenvalue weighted by Gasteiger charge is 2.34. The summed E-state index contributed by atoms with van der Waals surface area (Å²) in [4.78, 5) is 23.6. The minimum atomic E-state index is -3.03. The molecule has 2 aromatic rings. The van der Waals surface area contributed by atoms with E-state index in [1.54, 1.807) is 4.90 Å². The number of hydrogen-bond acceptors (Lipinski definition) is 6. The number of aryl methyl sites for hydroxylation is 1. The number of aromatic nitrogens is 2. The first-order valence-corrected chi connectivity index (χ1v) is 11.9. The lowest BCUT2D eigenvalue weighted by Crippen LogP contribution is -2.44. The highest BCUT2D eigenvalue weighted by Crippen LogP contribution is 2.27. The van der Waals surface area contributed by atoms with Gasteiger partial charge in [-0.1, -0.05) is 43.8 Å². The van der Waals surface area contributed by atoms with Gasteiger partial charge in [-0.25, -0.2) is 18.4 Å². The van der Waals surface area contributed by atoms with Crippen LogP contribution in [-0.4, -0.2) is 59.0 Å². The lowest BCUT2D eigenvalue weighted by Gasteiger charge is -2.30. The van der Waals surface area contributed by atoms with Crippen LogP contribution < -0.4 is 0 Å². The van der Waals surface area contributed by atoms with Crippen molar-refractivity contribution in [3.63, 3.8) is 0 Å². The summed E-state index contributed by atoms with van der Waals surface area (Å²) < 4.78 is 23.7. The molecule has 0 aliphatic carbocycles. The van der Waals surface area contributed by atoms with E-state index in [-0.39, 0.29) is 35.1 Å². The summed E-state index contributed by atoms with van der Waals surface area (Å²) in [5.41, 5.74) is 0.862. The molecule has 1 aromatic heterocycles. The van der Waals surface area contributed by atoms with Gasteiger partial charge in [0.2, 0.25) is 5.91 Å². The Hall–Kier alpha value is -1.67. The van der Waals surface area contributed by atoms with Crippen LogP contribution in [0.2, 0.25) is 0 Å². The van der Waals surface area contributed by atoms with E-state index in [1.807, 2.05) is 45.0 Å². The number of amides is 1. The SMILES string of the molecule is Cc1nc(SCC(=O)N(CC(C)C)[C@@H]2CCS(=O)(=O)C2)c2ccccc2n1. The molecule has 3 rings (SSSR count). The number of nitrogens with zero attached hydrogens (tertiary/aromatic N) is 3. The summed E-state index contributed by atoms with van der Waals surface area (Å²) in [6.45, 7) is 6.49. The Balaban J connectivity index is 1.76. The predicted octanol–water partition coefficient (Wildman–Crippen LogP) is 2.70. The second-order valence-electron chi connectivity index (χ2n) is 7.38. The molecule has 0 saturated carbocycles. The Labute approximate surface area is 164 Å². The van der Waals surface area contributed by atoms with Crippen molar-refractivity contribution >= 4 is 38.4 Å². The van der Waals surface area contributed by atoms with Gasteiger partial charge < -0.3 is 4.90 Å². The lowest BCUT2D eigenvalue weighted by molar-refractivity contribution is -0.130. The third-order valence-electron chi connectivity index (χ3n) is 4.54. The minimum Gasteiger partial charge on any atom is -0.338 e. The van der Waals surface area contributed by atoms with Crippen LogP contribution in [0, 0.1) is 12.8 Å². The van der Waals surface area contributed by atoms with E-state index in [2.05, 4.69) is 9.97 Å². The van der Waals surface area contributed by atoms with Crippen molar-refractivity contribution in [2.24, 2.45) is 5.92 Å². The Kier molecular flexibility index (Phi) is 6.05. The molecule has 1 aromatic carbocycles. The number of benzene rings is 1. The number of thioether (sulfide) groups is 1. The summed E-state index contributed by atoms with van der Waals surface area (Å²) >= 11 is 1.39. The quantitative estimate of drug-likeness (QED) is 0.541. The number of rotatable bonds is 6. The molecule has 0 radical (unpaired) electrons. The number of para-hydroxylation sites is 1. The number of sulfone groups is 1. The van der Waals surface area contributed by atoms with Gasteiger partial charge in [-0.05, 0) is 25.3 Å². The van der Waals surface area contributed by atoms with Crippen molar-refractivity contribution in [2.75, 3.05) is 23.8 Å². The van der Waals surface area contributed by atoms with Crippen molar-refractivity contribution in [1.29, 1.82) is 0 Å². The van der Waals surface area contributed by atoms with E-state index in [0.717, 1.165) is 15.9 Å². The van der Waals surface area contributed by atoms with Crippen LogP contribution >= 0.6 is 11.8 Å². The molecule has 1 atom stereocenters. The molecule has 0 N–H and O–H groups in total. The van der Waals surface area contributed by atoms with Gasteiger partial charge in [0.05, 0.1) is 22.8 Å². The maximum absolute atomic E-state index is 12.9. The fourth-order valence-corrected chi connectivity index (χ4v) is 6.03. The molecule has 0 unspecified atom stereocenters. The van der Waals surface area contributed by atoms with Gasteiger partial charge in [0.25, 0.3) is 0 Å². The van der Waals surface area contributed by atoms with Gasteiger partial charge in [-0.3, -0.25) is 4.79 Å². The van der Waals surface area contributed by atoms with Crippen LogP contribution in [0.5, 0.6) is 0 Å². The minimum absolute atomic E-state index is 0.0313. The zero-order chi connectivity index (χ0) is 19.6. The largest absolute Gasteiger partial charge is 0.338 e.